The summed E-state index contributed by atoms with van der Waals surface area (Å²) in [5.74, 6) is 0. The predicted molar refractivity (Wildman–Crippen MR) is 77.7 cm³/mol. The van der Waals surface area contributed by atoms with E-state index < -0.39 is 8.60 Å². The van der Waals surface area contributed by atoms with E-state index in [0.717, 1.165) is 12.8 Å². The van der Waals surface area contributed by atoms with Crippen molar-refractivity contribution in [1.82, 2.24) is 0 Å². The molecule has 0 fully saturated rings. The van der Waals surface area contributed by atoms with Crippen LogP contribution in [0.3, 0.4) is 0 Å². The molecule has 0 aromatic carbocycles. The van der Waals surface area contributed by atoms with E-state index in [9.17, 15) is 0 Å². The topological polar surface area (TPSA) is 49.7 Å². The number of hydrogen-bond donors (Lipinski definition) is 2. The second kappa shape index (κ2) is 17.8. The normalized spacial score (nSPS) is 10.6. The molecule has 0 aliphatic heterocycles. The Bertz CT molecular complexity index is 137. The van der Waals surface area contributed by atoms with Gasteiger partial charge in [0, 0.05) is 0 Å². The molecule has 0 aliphatic carbocycles. The molecule has 0 heterocycles. The first-order valence-electron chi connectivity index (χ1n) is 6.58. The first-order chi connectivity index (χ1) is 7.77. The van der Waals surface area contributed by atoms with Crippen molar-refractivity contribution < 1.29 is 14.3 Å². The van der Waals surface area contributed by atoms with Crippen LogP contribution in [0.4, 0.5) is 0 Å². The fraction of sp³-hybridized carbons (Fsp3) is 1.00. The van der Waals surface area contributed by atoms with Crippen LogP contribution in [0.25, 0.3) is 0 Å². The Morgan fingerprint density at radius 3 is 1.59 bits per heavy atom. The summed E-state index contributed by atoms with van der Waals surface area (Å²) in [6.45, 7) is 2.72. The summed E-state index contributed by atoms with van der Waals surface area (Å²) in [5.41, 5.74) is 0. The maximum absolute atomic E-state index is 8.49. The summed E-state index contributed by atoms with van der Waals surface area (Å²) in [5, 5.41) is 0. The Morgan fingerprint density at radius 2 is 1.18 bits per heavy atom. The monoisotopic (exact) mass is 340 g/mol. The Labute approximate surface area is 145 Å². The summed E-state index contributed by atoms with van der Waals surface area (Å²) in [4.78, 5) is 17.0. The van der Waals surface area contributed by atoms with Gasteiger partial charge in [0.1, 0.15) is 0 Å². The molecule has 0 saturated carbocycles. The fourth-order valence-electron chi connectivity index (χ4n) is 1.74. The van der Waals surface area contributed by atoms with Crippen molar-refractivity contribution in [1.29, 1.82) is 0 Å². The average Bonchev–Trinajstić information content (AvgIpc) is 2.25. The van der Waals surface area contributed by atoms with Gasteiger partial charge in [0.2, 0.25) is 0 Å². The van der Waals surface area contributed by atoms with Crippen molar-refractivity contribution >= 4 is 54.1 Å². The molecule has 0 saturated heterocycles. The van der Waals surface area contributed by atoms with Gasteiger partial charge in [-0.1, -0.05) is 64.7 Å². The van der Waals surface area contributed by atoms with Gasteiger partial charge < -0.3 is 14.3 Å². The molecule has 0 bridgehead atoms. The van der Waals surface area contributed by atoms with E-state index in [1.165, 1.54) is 51.4 Å². The predicted octanol–water partition coefficient (Wildman–Crippen LogP) is 3.22. The second-order valence-corrected chi connectivity index (χ2v) is 5.03. The van der Waals surface area contributed by atoms with E-state index in [-0.39, 0.29) is 45.5 Å². The van der Waals surface area contributed by atoms with Crippen molar-refractivity contribution in [3.8, 4) is 0 Å². The fourth-order valence-corrected chi connectivity index (χ4v) is 2.03. The van der Waals surface area contributed by atoms with Crippen molar-refractivity contribution in [3.05, 3.63) is 0 Å². The molecule has 17 heavy (non-hydrogen) atoms. The van der Waals surface area contributed by atoms with Gasteiger partial charge in [-0.3, -0.25) is 0 Å². The van der Waals surface area contributed by atoms with Crippen LogP contribution in [-0.4, -0.2) is 61.9 Å². The summed E-state index contributed by atoms with van der Waals surface area (Å²) in [6, 6.07) is 0. The van der Waals surface area contributed by atoms with Crippen molar-refractivity contribution in [3.63, 3.8) is 0 Å². The van der Waals surface area contributed by atoms with Crippen LogP contribution in [0.15, 0.2) is 0 Å². The van der Waals surface area contributed by atoms with Gasteiger partial charge in [0.05, 0.1) is 6.61 Å². The third-order valence-electron chi connectivity index (χ3n) is 2.70. The van der Waals surface area contributed by atoms with E-state index in [1.807, 2.05) is 0 Å². The van der Waals surface area contributed by atoms with Gasteiger partial charge in [0.25, 0.3) is 0 Å². The average molecular weight is 340 g/mol. The van der Waals surface area contributed by atoms with Crippen LogP contribution >= 0.6 is 8.60 Å². The molecule has 0 rings (SSSR count). The molecule has 0 amide bonds. The maximum atomic E-state index is 8.49. The van der Waals surface area contributed by atoms with Gasteiger partial charge in [-0.2, -0.15) is 0 Å². The first kappa shape index (κ1) is 21.1. The molecule has 0 atom stereocenters. The third-order valence-corrected chi connectivity index (χ3v) is 3.12. The van der Waals surface area contributed by atoms with Crippen LogP contribution in [0, 0.1) is 0 Å². The van der Waals surface area contributed by atoms with Crippen LogP contribution < -0.4 is 0 Å². The molecule has 0 aromatic heterocycles. The van der Waals surface area contributed by atoms with Crippen molar-refractivity contribution in [2.24, 2.45) is 0 Å². The van der Waals surface area contributed by atoms with Gasteiger partial charge in [0.15, 0.2) is 0 Å². The zero-order valence-electron chi connectivity index (χ0n) is 10.5. The molecule has 0 radical (unpaired) electrons. The van der Waals surface area contributed by atoms with Crippen LogP contribution in [0.5, 0.6) is 0 Å². The second-order valence-electron chi connectivity index (χ2n) is 4.27. The van der Waals surface area contributed by atoms with E-state index in [0.29, 0.717) is 6.61 Å². The summed E-state index contributed by atoms with van der Waals surface area (Å²) < 4.78 is 4.69. The van der Waals surface area contributed by atoms with Gasteiger partial charge in [-0.25, -0.2) is 0 Å². The Kier molecular flexibility index (Phi) is 22.1. The summed E-state index contributed by atoms with van der Waals surface area (Å²) in [7, 11) is -2.14. The molecular formula is C12H29O3PSr. The van der Waals surface area contributed by atoms with Crippen molar-refractivity contribution in [2.75, 3.05) is 6.61 Å². The van der Waals surface area contributed by atoms with Gasteiger partial charge in [-0.15, -0.1) is 0 Å². The molecule has 0 spiro atoms. The quantitative estimate of drug-likeness (QED) is 0.326. The van der Waals surface area contributed by atoms with Crippen LogP contribution in [0.1, 0.15) is 71.1 Å². The summed E-state index contributed by atoms with van der Waals surface area (Å²) in [6.07, 6.45) is 12.8. The zero-order valence-corrected chi connectivity index (χ0v) is 11.4. The minimum absolute atomic E-state index is 0. The molecule has 3 nitrogen and oxygen atoms in total. The van der Waals surface area contributed by atoms with E-state index in [4.69, 9.17) is 9.79 Å². The molecule has 0 unspecified atom stereocenters. The first-order valence-corrected chi connectivity index (χ1v) is 7.74. The third kappa shape index (κ3) is 20.3. The molecule has 2 N–H and O–H groups in total. The minimum atomic E-state index is -2.14. The SMILES string of the molecule is CCCCCCCCCCCCOP(O)O.[SrH2]. The number of hydrogen-bond acceptors (Lipinski definition) is 3. The van der Waals surface area contributed by atoms with Gasteiger partial charge >= 0.3 is 54.1 Å². The van der Waals surface area contributed by atoms with Crippen molar-refractivity contribution in [2.45, 2.75) is 71.1 Å². The van der Waals surface area contributed by atoms with Crippen LogP contribution in [-0.2, 0) is 4.52 Å². The van der Waals surface area contributed by atoms with E-state index >= 15 is 0 Å². The Morgan fingerprint density at radius 1 is 0.765 bits per heavy atom. The standard InChI is InChI=1S/C12H27O3P.Sr.2H/c1-2-3-4-5-6-7-8-9-10-11-12-15-16(13)14;;;/h13-14H,2-12H2,1H3;;;. The number of unbranched alkanes of at least 4 members (excludes halogenated alkanes) is 9. The number of rotatable bonds is 12. The molecule has 5 heteroatoms. The molecule has 0 aliphatic rings. The Balaban J connectivity index is 0. The van der Waals surface area contributed by atoms with E-state index in [2.05, 4.69) is 11.4 Å². The Hall–Kier alpha value is 1.79. The summed E-state index contributed by atoms with van der Waals surface area (Å²) >= 11 is 0. The zero-order chi connectivity index (χ0) is 12.1. The van der Waals surface area contributed by atoms with Crippen LogP contribution in [0.2, 0.25) is 0 Å². The molecular weight excluding hydrogens is 311 g/mol. The van der Waals surface area contributed by atoms with Gasteiger partial charge in [-0.05, 0) is 6.42 Å². The molecule has 0 aromatic rings. The molecule has 102 valence electrons. The van der Waals surface area contributed by atoms with E-state index in [1.54, 1.807) is 0 Å².